The second-order valence-corrected chi connectivity index (χ2v) is 4.20. The Morgan fingerprint density at radius 1 is 1.11 bits per heavy atom. The van der Waals surface area contributed by atoms with Gasteiger partial charge in [0.2, 0.25) is 0 Å². The number of nitrogens with zero attached hydrogens (tertiary/aromatic N) is 2. The quantitative estimate of drug-likeness (QED) is 0.666. The summed E-state index contributed by atoms with van der Waals surface area (Å²) in [5.74, 6) is 0.664. The maximum atomic E-state index is 8.74. The third kappa shape index (κ3) is 2.28. The summed E-state index contributed by atoms with van der Waals surface area (Å²) in [5, 5.41) is 21.1. The van der Waals surface area contributed by atoms with Crippen LogP contribution in [0.1, 0.15) is 0 Å². The van der Waals surface area contributed by atoms with E-state index in [1.807, 2.05) is 36.5 Å². The normalized spacial score (nSPS) is 10.8. The molecule has 0 saturated carbocycles. The van der Waals surface area contributed by atoms with Crippen molar-refractivity contribution in [3.63, 3.8) is 0 Å². The third-order valence-corrected chi connectivity index (χ3v) is 2.95. The van der Waals surface area contributed by atoms with Crippen molar-refractivity contribution in [2.45, 2.75) is 0 Å². The van der Waals surface area contributed by atoms with Crippen LogP contribution in [0.5, 0.6) is 0 Å². The van der Waals surface area contributed by atoms with Crippen LogP contribution in [-0.2, 0) is 0 Å². The molecule has 2 aromatic heterocycles. The standard InChI is InChI=1S/C14H14N4O/c19-8-7-15-14-6-5-13(17-18-14)11-9-16-12-4-2-1-3-10(11)12/h1-6,9,16,19H,7-8H2,(H,15,18). The Balaban J connectivity index is 1.93. The number of hydrogen-bond donors (Lipinski definition) is 3. The first-order valence-electron chi connectivity index (χ1n) is 6.13. The smallest absolute Gasteiger partial charge is 0.148 e. The number of nitrogens with one attached hydrogen (secondary N) is 2. The molecular formula is C14H14N4O. The van der Waals surface area contributed by atoms with Gasteiger partial charge in [0.15, 0.2) is 0 Å². The van der Waals surface area contributed by atoms with E-state index in [-0.39, 0.29) is 6.61 Å². The van der Waals surface area contributed by atoms with E-state index in [1.165, 1.54) is 0 Å². The number of hydrogen-bond acceptors (Lipinski definition) is 4. The van der Waals surface area contributed by atoms with E-state index in [1.54, 1.807) is 0 Å². The Morgan fingerprint density at radius 2 is 2.00 bits per heavy atom. The van der Waals surface area contributed by atoms with Crippen LogP contribution in [0.4, 0.5) is 5.82 Å². The molecule has 0 unspecified atom stereocenters. The molecule has 3 aromatic rings. The zero-order valence-electron chi connectivity index (χ0n) is 10.3. The summed E-state index contributed by atoms with van der Waals surface area (Å²) in [6, 6.07) is 11.9. The molecule has 3 rings (SSSR count). The molecule has 0 saturated heterocycles. The first-order chi connectivity index (χ1) is 9.38. The van der Waals surface area contributed by atoms with Crippen molar-refractivity contribution >= 4 is 16.7 Å². The summed E-state index contributed by atoms with van der Waals surface area (Å²) >= 11 is 0. The molecule has 0 aliphatic rings. The molecular weight excluding hydrogens is 240 g/mol. The van der Waals surface area contributed by atoms with E-state index in [9.17, 15) is 0 Å². The monoisotopic (exact) mass is 254 g/mol. The predicted octanol–water partition coefficient (Wildman–Crippen LogP) is 2.03. The van der Waals surface area contributed by atoms with E-state index < -0.39 is 0 Å². The number of anilines is 1. The molecule has 0 bridgehead atoms. The average Bonchev–Trinajstić information content (AvgIpc) is 2.90. The second-order valence-electron chi connectivity index (χ2n) is 4.20. The van der Waals surface area contributed by atoms with Gasteiger partial charge >= 0.3 is 0 Å². The minimum Gasteiger partial charge on any atom is -0.395 e. The number of aliphatic hydroxyl groups excluding tert-OH is 1. The minimum atomic E-state index is 0.0753. The topological polar surface area (TPSA) is 73.8 Å². The Bertz CT molecular complexity index is 675. The summed E-state index contributed by atoms with van der Waals surface area (Å²) in [7, 11) is 0. The number of aliphatic hydroxyl groups is 1. The van der Waals surface area contributed by atoms with Gasteiger partial charge in [-0.25, -0.2) is 0 Å². The molecule has 0 spiro atoms. The molecule has 0 radical (unpaired) electrons. The summed E-state index contributed by atoms with van der Waals surface area (Å²) in [5.41, 5.74) is 2.95. The van der Waals surface area contributed by atoms with Crippen molar-refractivity contribution < 1.29 is 5.11 Å². The molecule has 2 heterocycles. The number of para-hydroxylation sites is 1. The van der Waals surface area contributed by atoms with Crippen LogP contribution in [0.3, 0.4) is 0 Å². The van der Waals surface area contributed by atoms with Gasteiger partial charge in [0.25, 0.3) is 0 Å². The van der Waals surface area contributed by atoms with Crippen molar-refractivity contribution in [3.8, 4) is 11.3 Å². The third-order valence-electron chi connectivity index (χ3n) is 2.95. The first-order valence-corrected chi connectivity index (χ1v) is 6.13. The Kier molecular flexibility index (Phi) is 3.12. The van der Waals surface area contributed by atoms with Crippen molar-refractivity contribution in [1.29, 1.82) is 0 Å². The molecule has 0 aliphatic heterocycles. The molecule has 1 aromatic carbocycles. The molecule has 0 amide bonds. The first kappa shape index (κ1) is 11.7. The average molecular weight is 254 g/mol. The lowest BCUT2D eigenvalue weighted by Gasteiger charge is -2.03. The highest BCUT2D eigenvalue weighted by Gasteiger charge is 2.07. The molecule has 5 heteroatoms. The van der Waals surface area contributed by atoms with Crippen molar-refractivity contribution in [1.82, 2.24) is 15.2 Å². The Labute approximate surface area is 110 Å². The molecule has 19 heavy (non-hydrogen) atoms. The zero-order valence-corrected chi connectivity index (χ0v) is 10.3. The fourth-order valence-electron chi connectivity index (χ4n) is 2.04. The molecule has 0 atom stereocenters. The fraction of sp³-hybridized carbons (Fsp3) is 0.143. The van der Waals surface area contributed by atoms with E-state index in [0.717, 1.165) is 22.2 Å². The van der Waals surface area contributed by atoms with Gasteiger partial charge in [-0.05, 0) is 18.2 Å². The number of benzene rings is 1. The lowest BCUT2D eigenvalue weighted by atomic mass is 10.1. The van der Waals surface area contributed by atoms with Gasteiger partial charge in [-0.1, -0.05) is 18.2 Å². The Hall–Kier alpha value is -2.40. The molecule has 0 aliphatic carbocycles. The van der Waals surface area contributed by atoms with Gasteiger partial charge in [0, 0.05) is 29.2 Å². The Morgan fingerprint density at radius 3 is 2.79 bits per heavy atom. The maximum Gasteiger partial charge on any atom is 0.148 e. The lowest BCUT2D eigenvalue weighted by molar-refractivity contribution is 0.311. The number of fused-ring (bicyclic) bond motifs is 1. The lowest BCUT2D eigenvalue weighted by Crippen LogP contribution is -2.07. The predicted molar refractivity (Wildman–Crippen MR) is 74.9 cm³/mol. The van der Waals surface area contributed by atoms with Gasteiger partial charge in [-0.3, -0.25) is 0 Å². The fourth-order valence-corrected chi connectivity index (χ4v) is 2.04. The molecule has 5 nitrogen and oxygen atoms in total. The van der Waals surface area contributed by atoms with Gasteiger partial charge in [-0.15, -0.1) is 10.2 Å². The van der Waals surface area contributed by atoms with Crippen LogP contribution in [0.15, 0.2) is 42.6 Å². The van der Waals surface area contributed by atoms with E-state index in [0.29, 0.717) is 12.4 Å². The number of aromatic nitrogens is 3. The largest absolute Gasteiger partial charge is 0.395 e. The highest BCUT2D eigenvalue weighted by atomic mass is 16.3. The van der Waals surface area contributed by atoms with Crippen LogP contribution >= 0.6 is 0 Å². The highest BCUT2D eigenvalue weighted by Crippen LogP contribution is 2.26. The van der Waals surface area contributed by atoms with Crippen LogP contribution in [0.25, 0.3) is 22.2 Å². The summed E-state index contributed by atoms with van der Waals surface area (Å²) in [6.45, 7) is 0.549. The summed E-state index contributed by atoms with van der Waals surface area (Å²) in [4.78, 5) is 3.22. The molecule has 0 fully saturated rings. The van der Waals surface area contributed by atoms with E-state index in [2.05, 4.69) is 26.6 Å². The SMILES string of the molecule is OCCNc1ccc(-c2c[nH]c3ccccc23)nn1. The molecule has 96 valence electrons. The van der Waals surface area contributed by atoms with Crippen LogP contribution in [0.2, 0.25) is 0 Å². The van der Waals surface area contributed by atoms with Gasteiger partial charge < -0.3 is 15.4 Å². The minimum absolute atomic E-state index is 0.0753. The van der Waals surface area contributed by atoms with Crippen molar-refractivity contribution in [2.24, 2.45) is 0 Å². The van der Waals surface area contributed by atoms with Crippen LogP contribution in [0, 0.1) is 0 Å². The highest BCUT2D eigenvalue weighted by molar-refractivity contribution is 5.94. The summed E-state index contributed by atoms with van der Waals surface area (Å²) in [6.07, 6.45) is 1.94. The molecule has 3 N–H and O–H groups in total. The van der Waals surface area contributed by atoms with Gasteiger partial charge in [0.1, 0.15) is 5.82 Å². The van der Waals surface area contributed by atoms with Gasteiger partial charge in [-0.2, -0.15) is 0 Å². The zero-order chi connectivity index (χ0) is 13.1. The van der Waals surface area contributed by atoms with Crippen molar-refractivity contribution in [2.75, 3.05) is 18.5 Å². The second kappa shape index (κ2) is 5.07. The number of aromatic amines is 1. The van der Waals surface area contributed by atoms with Gasteiger partial charge in [0.05, 0.1) is 12.3 Å². The van der Waals surface area contributed by atoms with E-state index >= 15 is 0 Å². The summed E-state index contributed by atoms with van der Waals surface area (Å²) < 4.78 is 0. The van der Waals surface area contributed by atoms with Crippen LogP contribution in [-0.4, -0.2) is 33.4 Å². The van der Waals surface area contributed by atoms with Crippen LogP contribution < -0.4 is 5.32 Å². The van der Waals surface area contributed by atoms with Crippen molar-refractivity contribution in [3.05, 3.63) is 42.6 Å². The number of rotatable bonds is 4. The van der Waals surface area contributed by atoms with E-state index in [4.69, 9.17) is 5.11 Å². The maximum absolute atomic E-state index is 8.74. The number of H-pyrrole nitrogens is 1.